The van der Waals surface area contributed by atoms with E-state index in [1.54, 1.807) is 18.5 Å². The average Bonchev–Trinajstić information content (AvgIpc) is 3.70. The quantitative estimate of drug-likeness (QED) is 0.183. The van der Waals surface area contributed by atoms with Crippen molar-refractivity contribution < 1.29 is 4.39 Å². The van der Waals surface area contributed by atoms with Gasteiger partial charge in [0.1, 0.15) is 5.69 Å². The van der Waals surface area contributed by atoms with Gasteiger partial charge in [-0.15, -0.1) is 11.3 Å². The maximum Gasteiger partial charge on any atom is 0.176 e. The molecule has 5 aromatic heterocycles. The van der Waals surface area contributed by atoms with E-state index in [9.17, 15) is 4.39 Å². The van der Waals surface area contributed by atoms with Gasteiger partial charge in [-0.25, -0.2) is 0 Å². The summed E-state index contributed by atoms with van der Waals surface area (Å²) in [4.78, 5) is 13.0. The Kier molecular flexibility index (Phi) is 7.65. The molecule has 0 aromatic carbocycles. The third-order valence-corrected chi connectivity index (χ3v) is 8.72. The number of aromatic amines is 2. The van der Waals surface area contributed by atoms with Crippen LogP contribution in [-0.4, -0.2) is 25.1 Å². The molecule has 0 amide bonds. The van der Waals surface area contributed by atoms with E-state index in [2.05, 4.69) is 56.6 Å². The third-order valence-electron chi connectivity index (χ3n) is 7.81. The molecule has 0 radical (unpaired) electrons. The summed E-state index contributed by atoms with van der Waals surface area (Å²) in [6, 6.07) is 7.38. The molecule has 0 aliphatic heterocycles. The molecular formula is C33H33FN6S. The first kappa shape index (κ1) is 26.9. The van der Waals surface area contributed by atoms with Crippen molar-refractivity contribution in [3.05, 3.63) is 88.7 Å². The number of hydrogen-bond acceptors (Lipinski definition) is 5. The van der Waals surface area contributed by atoms with Crippen LogP contribution < -0.4 is 15.9 Å². The zero-order chi connectivity index (χ0) is 28.3. The van der Waals surface area contributed by atoms with Crippen molar-refractivity contribution in [1.29, 1.82) is 0 Å². The third kappa shape index (κ3) is 5.93. The van der Waals surface area contributed by atoms with E-state index >= 15 is 0 Å². The number of nitrogens with zero attached hydrogens (tertiary/aromatic N) is 3. The molecule has 1 saturated carbocycles. The average molecular weight is 565 g/mol. The van der Waals surface area contributed by atoms with Gasteiger partial charge in [-0.2, -0.15) is 9.49 Å². The number of fused-ring (bicyclic) bond motifs is 1. The lowest BCUT2D eigenvalue weighted by atomic mass is 9.86. The number of aromatic nitrogens is 5. The van der Waals surface area contributed by atoms with Gasteiger partial charge in [-0.3, -0.25) is 15.1 Å². The zero-order valence-corrected chi connectivity index (χ0v) is 24.0. The summed E-state index contributed by atoms with van der Waals surface area (Å²) in [6.07, 6.45) is 18.9. The molecule has 6 nitrogen and oxygen atoms in total. The summed E-state index contributed by atoms with van der Waals surface area (Å²) in [6.45, 7) is 10.6. The standard InChI is InChI=1S/C33H33FN6S/c1-20(24-14-25(17-35-16-24)37-21(2)13-23-7-5-4-6-8-23)9-10-28-22(3)33(40-39-28)29-15-26-27(18-36-19-30(26)38-29)31-11-12-32(34)41-31/h9-12,14-19,23,37-39H,2-8,13H2,1H3/b20-9+,28-10+. The van der Waals surface area contributed by atoms with Crippen LogP contribution in [0.4, 0.5) is 10.1 Å². The van der Waals surface area contributed by atoms with E-state index in [1.807, 2.05) is 30.6 Å². The fourth-order valence-corrected chi connectivity index (χ4v) is 6.35. The number of thiophene rings is 1. The van der Waals surface area contributed by atoms with E-state index in [-0.39, 0.29) is 5.13 Å². The van der Waals surface area contributed by atoms with Crippen LogP contribution >= 0.6 is 11.3 Å². The van der Waals surface area contributed by atoms with Gasteiger partial charge in [0, 0.05) is 39.1 Å². The maximum absolute atomic E-state index is 13.7. The maximum atomic E-state index is 13.7. The minimum absolute atomic E-state index is 0.220. The van der Waals surface area contributed by atoms with Gasteiger partial charge in [-0.05, 0) is 60.7 Å². The highest BCUT2D eigenvalue weighted by Gasteiger charge is 2.15. The Morgan fingerprint density at radius 3 is 2.76 bits per heavy atom. The zero-order valence-electron chi connectivity index (χ0n) is 23.1. The molecule has 5 aromatic rings. The second kappa shape index (κ2) is 11.7. The Hall–Kier alpha value is -4.30. The molecule has 8 heteroatoms. The molecule has 1 fully saturated rings. The number of hydrogen-bond donors (Lipinski definition) is 3. The second-order valence-electron chi connectivity index (χ2n) is 10.8. The Labute approximate surface area is 242 Å². The Bertz CT molecular complexity index is 1850. The largest absolute Gasteiger partial charge is 0.358 e. The van der Waals surface area contributed by atoms with Gasteiger partial charge in [-0.1, -0.05) is 51.3 Å². The van der Waals surface area contributed by atoms with Gasteiger partial charge >= 0.3 is 0 Å². The monoisotopic (exact) mass is 564 g/mol. The molecule has 1 aliphatic carbocycles. The summed E-state index contributed by atoms with van der Waals surface area (Å²) in [5, 5.41) is 13.5. The van der Waals surface area contributed by atoms with Gasteiger partial charge in [0.2, 0.25) is 0 Å². The van der Waals surface area contributed by atoms with E-state index in [4.69, 9.17) is 0 Å². The lowest BCUT2D eigenvalue weighted by Crippen LogP contribution is -2.21. The summed E-state index contributed by atoms with van der Waals surface area (Å²) in [5.41, 5.74) is 7.40. The second-order valence-corrected chi connectivity index (χ2v) is 11.8. The molecule has 0 atom stereocenters. The Balaban J connectivity index is 1.21. The Morgan fingerprint density at radius 1 is 1.12 bits per heavy atom. The Morgan fingerprint density at radius 2 is 1.95 bits per heavy atom. The number of H-pyrrole nitrogens is 2. The number of nitrogens with one attached hydrogen (secondary N) is 3. The highest BCUT2D eigenvalue weighted by atomic mass is 32.1. The van der Waals surface area contributed by atoms with Crippen molar-refractivity contribution in [3.63, 3.8) is 0 Å². The first-order valence-corrected chi connectivity index (χ1v) is 14.8. The van der Waals surface area contributed by atoms with Crippen molar-refractivity contribution in [1.82, 2.24) is 25.1 Å². The number of allylic oxidation sites excluding steroid dienone is 3. The number of rotatable bonds is 8. The van der Waals surface area contributed by atoms with Gasteiger partial charge in [0.05, 0.1) is 34.6 Å². The van der Waals surface area contributed by atoms with Crippen LogP contribution in [0.5, 0.6) is 0 Å². The van der Waals surface area contributed by atoms with Crippen molar-refractivity contribution in [3.8, 4) is 21.8 Å². The smallest absolute Gasteiger partial charge is 0.176 e. The summed E-state index contributed by atoms with van der Waals surface area (Å²) in [7, 11) is 0. The molecule has 5 heterocycles. The minimum Gasteiger partial charge on any atom is -0.358 e. The van der Waals surface area contributed by atoms with Crippen molar-refractivity contribution >= 4 is 46.2 Å². The molecule has 1 aliphatic rings. The molecule has 3 N–H and O–H groups in total. The van der Waals surface area contributed by atoms with Gasteiger partial charge in [0.15, 0.2) is 5.13 Å². The molecule has 6 rings (SSSR count). The van der Waals surface area contributed by atoms with Crippen molar-refractivity contribution in [2.45, 2.75) is 45.4 Å². The van der Waals surface area contributed by atoms with Crippen LogP contribution in [0.15, 0.2) is 67.4 Å². The fourth-order valence-electron chi connectivity index (χ4n) is 5.60. The minimum atomic E-state index is -0.220. The van der Waals surface area contributed by atoms with Crippen molar-refractivity contribution in [2.75, 3.05) is 5.32 Å². The van der Waals surface area contributed by atoms with Gasteiger partial charge in [0.25, 0.3) is 0 Å². The lowest BCUT2D eigenvalue weighted by Gasteiger charge is -2.22. The van der Waals surface area contributed by atoms with Crippen LogP contribution in [0.2, 0.25) is 0 Å². The van der Waals surface area contributed by atoms with Crippen LogP contribution in [0.3, 0.4) is 0 Å². The number of pyridine rings is 2. The van der Waals surface area contributed by atoms with Crippen LogP contribution in [-0.2, 0) is 0 Å². The fraction of sp³-hybridized carbons (Fsp3) is 0.242. The summed E-state index contributed by atoms with van der Waals surface area (Å²) < 4.78 is 13.7. The topological polar surface area (TPSA) is 82.3 Å². The molecule has 0 spiro atoms. The van der Waals surface area contributed by atoms with E-state index < -0.39 is 0 Å². The van der Waals surface area contributed by atoms with E-state index in [1.165, 1.54) is 38.2 Å². The molecule has 0 bridgehead atoms. The predicted molar refractivity (Wildman–Crippen MR) is 168 cm³/mol. The first-order chi connectivity index (χ1) is 19.9. The predicted octanol–water partition coefficient (Wildman–Crippen LogP) is 7.41. The van der Waals surface area contributed by atoms with Crippen molar-refractivity contribution in [2.24, 2.45) is 5.92 Å². The molecule has 41 heavy (non-hydrogen) atoms. The van der Waals surface area contributed by atoms with Crippen LogP contribution in [0.25, 0.3) is 51.0 Å². The molecular weight excluding hydrogens is 531 g/mol. The number of anilines is 1. The lowest BCUT2D eigenvalue weighted by molar-refractivity contribution is 0.357. The summed E-state index contributed by atoms with van der Waals surface area (Å²) in [5.74, 6) is 0.737. The van der Waals surface area contributed by atoms with Crippen LogP contribution in [0.1, 0.15) is 51.0 Å². The summed E-state index contributed by atoms with van der Waals surface area (Å²) >= 11 is 1.11. The normalized spacial score (nSPS) is 15.1. The van der Waals surface area contributed by atoms with Gasteiger partial charge < -0.3 is 10.3 Å². The molecule has 208 valence electrons. The molecule has 0 saturated heterocycles. The van der Waals surface area contributed by atoms with Crippen LogP contribution in [0, 0.1) is 11.0 Å². The highest BCUT2D eigenvalue weighted by Crippen LogP contribution is 2.34. The SMILES string of the molecule is C=C(CC1CCCCC1)Nc1cncc(/C(C)=C/C=c2/[nH]nc(-c3cc4c(-c5ccc(F)s5)cncc4[nH]3)c2=C)c1. The number of halogens is 1. The first-order valence-electron chi connectivity index (χ1n) is 14.0. The molecule has 0 unspecified atom stereocenters. The van der Waals surface area contributed by atoms with E-state index in [0.29, 0.717) is 0 Å². The van der Waals surface area contributed by atoms with E-state index in [0.717, 1.165) is 89.5 Å². The highest BCUT2D eigenvalue weighted by molar-refractivity contribution is 7.14.